The number of hydrogen-bond acceptors (Lipinski definition) is 6. The molecule has 0 aliphatic carbocycles. The highest BCUT2D eigenvalue weighted by molar-refractivity contribution is 6.46. The topological polar surface area (TPSA) is 96.3 Å². The largest absolute Gasteiger partial charge is 0.507 e. The van der Waals surface area contributed by atoms with Gasteiger partial charge in [-0.3, -0.25) is 9.59 Å². The summed E-state index contributed by atoms with van der Waals surface area (Å²) in [6.07, 6.45) is 0.638. The fourth-order valence-electron chi connectivity index (χ4n) is 4.40. The fraction of sp³-hybridized carbons (Fsp3) is 0.407. The Bertz CT molecular complexity index is 1130. The van der Waals surface area contributed by atoms with Gasteiger partial charge in [-0.15, -0.1) is 0 Å². The molecule has 1 unspecified atom stereocenters. The molecule has 1 aliphatic rings. The number of aliphatic hydroxyl groups excluding tert-OH is 1. The van der Waals surface area contributed by atoms with Crippen LogP contribution < -0.4 is 9.47 Å². The number of rotatable bonds is 8. The van der Waals surface area contributed by atoms with Gasteiger partial charge in [-0.25, -0.2) is 0 Å². The summed E-state index contributed by atoms with van der Waals surface area (Å²) in [6, 6.07) is 7.58. The number of phenolic OH excluding ortho intramolecular Hbond substituents is 1. The molecule has 1 heterocycles. The standard InChI is InChI=1S/C27H33NO6/c1-7-11-28-24(17-9-10-20(29)22(13-17)34-8-2)23(26(31)27(28)32)25(30)19-14-18(15(3)4)21(33-6)12-16(19)5/h9-10,12-15,24,29-30H,7-8,11H2,1-6H3/b25-23+. The van der Waals surface area contributed by atoms with Crippen molar-refractivity contribution in [1.82, 2.24) is 4.90 Å². The van der Waals surface area contributed by atoms with Gasteiger partial charge in [0.25, 0.3) is 11.7 Å². The van der Waals surface area contributed by atoms with Crippen LogP contribution in [0.5, 0.6) is 17.2 Å². The third kappa shape index (κ3) is 4.47. The first-order chi connectivity index (χ1) is 16.2. The Kier molecular flexibility index (Phi) is 7.54. The third-order valence-corrected chi connectivity index (χ3v) is 6.06. The molecular formula is C27H33NO6. The predicted molar refractivity (Wildman–Crippen MR) is 130 cm³/mol. The van der Waals surface area contributed by atoms with Crippen LogP contribution in [-0.4, -0.2) is 47.1 Å². The minimum absolute atomic E-state index is 0.0227. The molecule has 1 aliphatic heterocycles. The molecule has 1 atom stereocenters. The van der Waals surface area contributed by atoms with E-state index >= 15 is 0 Å². The Hall–Kier alpha value is -3.48. The van der Waals surface area contributed by atoms with Crippen molar-refractivity contribution < 1.29 is 29.3 Å². The number of likely N-dealkylation sites (tertiary alicyclic amines) is 1. The lowest BCUT2D eigenvalue weighted by Crippen LogP contribution is -2.30. The van der Waals surface area contributed by atoms with E-state index in [1.54, 1.807) is 26.2 Å². The van der Waals surface area contributed by atoms with Crippen molar-refractivity contribution in [2.24, 2.45) is 0 Å². The number of hydrogen-bond donors (Lipinski definition) is 2. The lowest BCUT2D eigenvalue weighted by molar-refractivity contribution is -0.139. The molecule has 1 amide bonds. The van der Waals surface area contributed by atoms with Gasteiger partial charge < -0.3 is 24.6 Å². The van der Waals surface area contributed by atoms with Crippen molar-refractivity contribution >= 4 is 17.4 Å². The molecule has 1 fully saturated rings. The molecule has 2 aromatic carbocycles. The van der Waals surface area contributed by atoms with E-state index in [4.69, 9.17) is 9.47 Å². The summed E-state index contributed by atoms with van der Waals surface area (Å²) in [5, 5.41) is 21.6. The predicted octanol–water partition coefficient (Wildman–Crippen LogP) is 5.06. The van der Waals surface area contributed by atoms with Gasteiger partial charge in [-0.05, 0) is 67.1 Å². The number of benzene rings is 2. The summed E-state index contributed by atoms with van der Waals surface area (Å²) >= 11 is 0. The smallest absolute Gasteiger partial charge is 0.295 e. The van der Waals surface area contributed by atoms with Gasteiger partial charge in [0, 0.05) is 12.1 Å². The molecule has 0 radical (unpaired) electrons. The zero-order valence-corrected chi connectivity index (χ0v) is 20.6. The minimum Gasteiger partial charge on any atom is -0.507 e. The van der Waals surface area contributed by atoms with Crippen molar-refractivity contribution in [2.75, 3.05) is 20.3 Å². The number of phenols is 1. The molecule has 0 aromatic heterocycles. The van der Waals surface area contributed by atoms with Gasteiger partial charge >= 0.3 is 0 Å². The second-order valence-electron chi connectivity index (χ2n) is 8.72. The molecule has 0 bridgehead atoms. The summed E-state index contributed by atoms with van der Waals surface area (Å²) in [4.78, 5) is 27.7. The van der Waals surface area contributed by atoms with Crippen LogP contribution in [0.15, 0.2) is 35.9 Å². The van der Waals surface area contributed by atoms with E-state index in [9.17, 15) is 19.8 Å². The molecule has 182 valence electrons. The normalized spacial score (nSPS) is 17.5. The van der Waals surface area contributed by atoms with Gasteiger partial charge in [0.05, 0.1) is 25.3 Å². The van der Waals surface area contributed by atoms with Crippen molar-refractivity contribution in [3.05, 3.63) is 58.2 Å². The molecule has 34 heavy (non-hydrogen) atoms. The molecule has 0 spiro atoms. The SMILES string of the molecule is CCCN1C(=O)C(=O)/C(=C(/O)c2cc(C(C)C)c(OC)cc2C)C1c1ccc(O)c(OCC)c1. The van der Waals surface area contributed by atoms with Crippen molar-refractivity contribution in [1.29, 1.82) is 0 Å². The highest BCUT2D eigenvalue weighted by Crippen LogP contribution is 2.43. The second-order valence-corrected chi connectivity index (χ2v) is 8.72. The van der Waals surface area contributed by atoms with Gasteiger partial charge in [-0.2, -0.15) is 0 Å². The number of ketones is 1. The molecule has 3 rings (SSSR count). The van der Waals surface area contributed by atoms with Crippen LogP contribution >= 0.6 is 0 Å². The van der Waals surface area contributed by atoms with Crippen LogP contribution in [0.1, 0.15) is 68.3 Å². The summed E-state index contributed by atoms with van der Waals surface area (Å²) in [6.45, 7) is 10.3. The summed E-state index contributed by atoms with van der Waals surface area (Å²) in [5.41, 5.74) is 2.69. The van der Waals surface area contributed by atoms with Crippen LogP contribution in [-0.2, 0) is 9.59 Å². The Balaban J connectivity index is 2.27. The van der Waals surface area contributed by atoms with E-state index in [1.807, 2.05) is 39.8 Å². The number of ether oxygens (including phenoxy) is 2. The van der Waals surface area contributed by atoms with Crippen LogP contribution in [0, 0.1) is 6.92 Å². The van der Waals surface area contributed by atoms with Gasteiger partial charge in [0.1, 0.15) is 11.5 Å². The van der Waals surface area contributed by atoms with E-state index in [1.165, 1.54) is 11.0 Å². The fourth-order valence-corrected chi connectivity index (χ4v) is 4.40. The van der Waals surface area contributed by atoms with Gasteiger partial charge in [0.2, 0.25) is 0 Å². The molecule has 1 saturated heterocycles. The van der Waals surface area contributed by atoms with E-state index in [0.29, 0.717) is 36.4 Å². The minimum atomic E-state index is -0.802. The van der Waals surface area contributed by atoms with Crippen LogP contribution in [0.3, 0.4) is 0 Å². The quantitative estimate of drug-likeness (QED) is 0.320. The molecule has 2 aromatic rings. The number of carbonyl (C=O) groups excluding carboxylic acids is 2. The van der Waals surface area contributed by atoms with E-state index in [2.05, 4.69) is 0 Å². The number of methoxy groups -OCH3 is 1. The molecular weight excluding hydrogens is 434 g/mol. The summed E-state index contributed by atoms with van der Waals surface area (Å²) in [5.74, 6) is -0.582. The first kappa shape index (κ1) is 25.1. The maximum atomic E-state index is 13.2. The Morgan fingerprint density at radius 1 is 1.12 bits per heavy atom. The Labute approximate surface area is 200 Å². The zero-order valence-electron chi connectivity index (χ0n) is 20.6. The second kappa shape index (κ2) is 10.2. The Morgan fingerprint density at radius 3 is 2.41 bits per heavy atom. The van der Waals surface area contributed by atoms with Gasteiger partial charge in [-0.1, -0.05) is 26.8 Å². The monoisotopic (exact) mass is 467 g/mol. The summed E-state index contributed by atoms with van der Waals surface area (Å²) in [7, 11) is 1.59. The highest BCUT2D eigenvalue weighted by atomic mass is 16.5. The molecule has 2 N–H and O–H groups in total. The van der Waals surface area contributed by atoms with Crippen molar-refractivity contribution in [2.45, 2.75) is 53.0 Å². The number of aromatic hydroxyl groups is 1. The number of nitrogens with zero attached hydrogens (tertiary/aromatic N) is 1. The molecule has 7 heteroatoms. The third-order valence-electron chi connectivity index (χ3n) is 6.06. The van der Waals surface area contributed by atoms with Crippen LogP contribution in [0.4, 0.5) is 0 Å². The molecule has 7 nitrogen and oxygen atoms in total. The number of aryl methyl sites for hydroxylation is 1. The van der Waals surface area contributed by atoms with E-state index < -0.39 is 17.7 Å². The molecule has 0 saturated carbocycles. The van der Waals surface area contributed by atoms with Crippen molar-refractivity contribution in [3.8, 4) is 17.2 Å². The average molecular weight is 468 g/mol. The number of aliphatic hydroxyl groups is 1. The number of Topliss-reactive ketones (excluding diaryl/α,β-unsaturated/α-hetero) is 1. The van der Waals surface area contributed by atoms with Crippen LogP contribution in [0.25, 0.3) is 5.76 Å². The average Bonchev–Trinajstić information content (AvgIpc) is 3.05. The highest BCUT2D eigenvalue weighted by Gasteiger charge is 2.46. The van der Waals surface area contributed by atoms with E-state index in [-0.39, 0.29) is 28.7 Å². The number of carbonyl (C=O) groups is 2. The zero-order chi connectivity index (χ0) is 25.2. The summed E-state index contributed by atoms with van der Waals surface area (Å²) < 4.78 is 11.0. The Morgan fingerprint density at radius 2 is 1.82 bits per heavy atom. The first-order valence-electron chi connectivity index (χ1n) is 11.6. The van der Waals surface area contributed by atoms with Crippen LogP contribution in [0.2, 0.25) is 0 Å². The lowest BCUT2D eigenvalue weighted by atomic mass is 9.91. The first-order valence-corrected chi connectivity index (χ1v) is 11.6. The maximum absolute atomic E-state index is 13.2. The van der Waals surface area contributed by atoms with Gasteiger partial charge in [0.15, 0.2) is 11.5 Å². The maximum Gasteiger partial charge on any atom is 0.295 e. The van der Waals surface area contributed by atoms with E-state index in [0.717, 1.165) is 11.1 Å². The lowest BCUT2D eigenvalue weighted by Gasteiger charge is -2.25. The van der Waals surface area contributed by atoms with Crippen molar-refractivity contribution in [3.63, 3.8) is 0 Å². The number of amides is 1.